The van der Waals surface area contributed by atoms with Crippen molar-refractivity contribution in [1.29, 1.82) is 0 Å². The van der Waals surface area contributed by atoms with Crippen LogP contribution < -0.4 is 15.8 Å². The molecule has 0 radical (unpaired) electrons. The molecule has 106 valence electrons. The molecular formula is C16H19FN2O. The third-order valence-corrected chi connectivity index (χ3v) is 2.69. The van der Waals surface area contributed by atoms with Crippen molar-refractivity contribution in [2.75, 3.05) is 11.1 Å². The summed E-state index contributed by atoms with van der Waals surface area (Å²) in [4.78, 5) is 0. The molecule has 3 nitrogen and oxygen atoms in total. The van der Waals surface area contributed by atoms with Crippen LogP contribution in [0.15, 0.2) is 42.5 Å². The predicted molar refractivity (Wildman–Crippen MR) is 80.3 cm³/mol. The third-order valence-electron chi connectivity index (χ3n) is 2.69. The molecule has 0 unspecified atom stereocenters. The Labute approximate surface area is 118 Å². The summed E-state index contributed by atoms with van der Waals surface area (Å²) in [5, 5.41) is 3.22. The summed E-state index contributed by atoms with van der Waals surface area (Å²) >= 11 is 0. The molecule has 2 rings (SSSR count). The first-order chi connectivity index (χ1) is 9.52. The minimum Gasteiger partial charge on any atom is -0.491 e. The number of nitrogen functional groups attached to an aromatic ring is 1. The van der Waals surface area contributed by atoms with E-state index < -0.39 is 0 Å². The highest BCUT2D eigenvalue weighted by molar-refractivity contribution is 5.59. The van der Waals surface area contributed by atoms with Crippen LogP contribution in [0.25, 0.3) is 0 Å². The topological polar surface area (TPSA) is 47.3 Å². The quantitative estimate of drug-likeness (QED) is 0.815. The Hall–Kier alpha value is -2.23. The van der Waals surface area contributed by atoms with Crippen LogP contribution in [0.5, 0.6) is 5.75 Å². The zero-order valence-electron chi connectivity index (χ0n) is 11.7. The van der Waals surface area contributed by atoms with Crippen LogP contribution in [-0.2, 0) is 6.54 Å². The number of hydrogen-bond donors (Lipinski definition) is 2. The molecule has 0 aliphatic heterocycles. The molecule has 0 atom stereocenters. The summed E-state index contributed by atoms with van der Waals surface area (Å²) in [5.74, 6) is 0.488. The van der Waals surface area contributed by atoms with Crippen molar-refractivity contribution in [3.05, 3.63) is 53.8 Å². The highest BCUT2D eigenvalue weighted by Crippen LogP contribution is 2.24. The van der Waals surface area contributed by atoms with Gasteiger partial charge in [0.05, 0.1) is 6.10 Å². The van der Waals surface area contributed by atoms with Gasteiger partial charge in [0.25, 0.3) is 0 Å². The first-order valence-electron chi connectivity index (χ1n) is 6.58. The maximum absolute atomic E-state index is 13.1. The van der Waals surface area contributed by atoms with Crippen LogP contribution in [0.1, 0.15) is 19.4 Å². The summed E-state index contributed by atoms with van der Waals surface area (Å²) in [7, 11) is 0. The minimum absolute atomic E-state index is 0.0906. The molecule has 4 heteroatoms. The van der Waals surface area contributed by atoms with Crippen molar-refractivity contribution in [1.82, 2.24) is 0 Å². The Kier molecular flexibility index (Phi) is 4.45. The molecule has 0 aliphatic rings. The molecule has 0 saturated carbocycles. The van der Waals surface area contributed by atoms with Crippen molar-refractivity contribution in [3.63, 3.8) is 0 Å². The van der Waals surface area contributed by atoms with Crippen LogP contribution in [0.2, 0.25) is 0 Å². The largest absolute Gasteiger partial charge is 0.491 e. The van der Waals surface area contributed by atoms with Crippen molar-refractivity contribution in [2.24, 2.45) is 0 Å². The van der Waals surface area contributed by atoms with Gasteiger partial charge in [0, 0.05) is 30.1 Å². The Morgan fingerprint density at radius 3 is 2.70 bits per heavy atom. The van der Waals surface area contributed by atoms with Crippen LogP contribution in [0.4, 0.5) is 15.8 Å². The van der Waals surface area contributed by atoms with Crippen LogP contribution >= 0.6 is 0 Å². The summed E-state index contributed by atoms with van der Waals surface area (Å²) in [6, 6.07) is 12.0. The number of nitrogens with two attached hydrogens (primary N) is 1. The lowest BCUT2D eigenvalue weighted by atomic mass is 10.2. The van der Waals surface area contributed by atoms with Crippen molar-refractivity contribution < 1.29 is 9.13 Å². The first-order valence-corrected chi connectivity index (χ1v) is 6.58. The van der Waals surface area contributed by atoms with Crippen LogP contribution in [-0.4, -0.2) is 6.10 Å². The standard InChI is InChI=1S/C16H19FN2O/c1-11(2)20-16-8-14(18)7-15(9-16)19-10-12-4-3-5-13(17)6-12/h3-9,11,19H,10,18H2,1-2H3. The summed E-state index contributed by atoms with van der Waals surface area (Å²) in [6.45, 7) is 4.45. The zero-order valence-corrected chi connectivity index (χ0v) is 11.7. The van der Waals surface area contributed by atoms with E-state index in [0.29, 0.717) is 12.2 Å². The van der Waals surface area contributed by atoms with Gasteiger partial charge >= 0.3 is 0 Å². The van der Waals surface area contributed by atoms with Gasteiger partial charge in [-0.05, 0) is 37.6 Å². The molecule has 0 saturated heterocycles. The van der Waals surface area contributed by atoms with E-state index in [0.717, 1.165) is 17.0 Å². The molecule has 0 spiro atoms. The molecule has 0 aromatic heterocycles. The molecule has 2 aromatic rings. The van der Waals surface area contributed by atoms with Gasteiger partial charge < -0.3 is 15.8 Å². The van der Waals surface area contributed by atoms with Gasteiger partial charge in [0.1, 0.15) is 11.6 Å². The van der Waals surface area contributed by atoms with E-state index in [4.69, 9.17) is 10.5 Å². The van der Waals surface area contributed by atoms with Crippen LogP contribution in [0.3, 0.4) is 0 Å². The van der Waals surface area contributed by atoms with E-state index >= 15 is 0 Å². The Morgan fingerprint density at radius 2 is 2.00 bits per heavy atom. The fourth-order valence-corrected chi connectivity index (χ4v) is 1.92. The number of halogens is 1. The number of benzene rings is 2. The van der Waals surface area contributed by atoms with Gasteiger partial charge in [-0.25, -0.2) is 4.39 Å². The first kappa shape index (κ1) is 14.2. The highest BCUT2D eigenvalue weighted by Gasteiger charge is 2.03. The van der Waals surface area contributed by atoms with E-state index in [9.17, 15) is 4.39 Å². The van der Waals surface area contributed by atoms with Crippen LogP contribution in [0, 0.1) is 5.82 Å². The maximum atomic E-state index is 13.1. The number of anilines is 2. The smallest absolute Gasteiger partial charge is 0.123 e. The molecule has 0 aliphatic carbocycles. The third kappa shape index (κ3) is 4.16. The fraction of sp³-hybridized carbons (Fsp3) is 0.250. The molecule has 3 N–H and O–H groups in total. The summed E-state index contributed by atoms with van der Waals surface area (Å²) in [5.41, 5.74) is 8.20. The lowest BCUT2D eigenvalue weighted by molar-refractivity contribution is 0.242. The lowest BCUT2D eigenvalue weighted by Crippen LogP contribution is -2.07. The monoisotopic (exact) mass is 274 g/mol. The second kappa shape index (κ2) is 6.28. The maximum Gasteiger partial charge on any atom is 0.123 e. The molecule has 0 fully saturated rings. The van der Waals surface area contributed by atoms with Gasteiger partial charge in [-0.15, -0.1) is 0 Å². The van der Waals surface area contributed by atoms with Gasteiger partial charge in [-0.2, -0.15) is 0 Å². The number of nitrogens with one attached hydrogen (secondary N) is 1. The Balaban J connectivity index is 2.07. The second-order valence-corrected chi connectivity index (χ2v) is 4.94. The predicted octanol–water partition coefficient (Wildman–Crippen LogP) is 3.81. The average Bonchev–Trinajstić information content (AvgIpc) is 2.35. The molecular weight excluding hydrogens is 255 g/mol. The number of rotatable bonds is 5. The fourth-order valence-electron chi connectivity index (χ4n) is 1.92. The minimum atomic E-state index is -0.235. The van der Waals surface area contributed by atoms with Gasteiger partial charge in [-0.3, -0.25) is 0 Å². The normalized spacial score (nSPS) is 10.6. The summed E-state index contributed by atoms with van der Waals surface area (Å²) in [6.07, 6.45) is 0.0906. The van der Waals surface area contributed by atoms with Gasteiger partial charge in [-0.1, -0.05) is 12.1 Å². The van der Waals surface area contributed by atoms with Gasteiger partial charge in [0.15, 0.2) is 0 Å². The molecule has 0 amide bonds. The number of ether oxygens (including phenoxy) is 1. The Morgan fingerprint density at radius 1 is 1.20 bits per heavy atom. The summed E-state index contributed by atoms with van der Waals surface area (Å²) < 4.78 is 18.7. The molecule has 20 heavy (non-hydrogen) atoms. The Bertz CT molecular complexity index is 584. The SMILES string of the molecule is CC(C)Oc1cc(N)cc(NCc2cccc(F)c2)c1. The zero-order chi connectivity index (χ0) is 14.5. The number of hydrogen-bond acceptors (Lipinski definition) is 3. The van der Waals surface area contributed by atoms with E-state index in [1.54, 1.807) is 12.1 Å². The van der Waals surface area contributed by atoms with E-state index in [1.807, 2.05) is 32.0 Å². The van der Waals surface area contributed by atoms with Gasteiger partial charge in [0.2, 0.25) is 0 Å². The van der Waals surface area contributed by atoms with E-state index in [-0.39, 0.29) is 11.9 Å². The van der Waals surface area contributed by atoms with E-state index in [2.05, 4.69) is 5.32 Å². The molecule has 2 aromatic carbocycles. The van der Waals surface area contributed by atoms with Crippen molar-refractivity contribution in [2.45, 2.75) is 26.5 Å². The molecule has 0 heterocycles. The van der Waals surface area contributed by atoms with Crippen molar-refractivity contribution in [3.8, 4) is 5.75 Å². The second-order valence-electron chi connectivity index (χ2n) is 4.94. The van der Waals surface area contributed by atoms with E-state index in [1.165, 1.54) is 12.1 Å². The highest BCUT2D eigenvalue weighted by atomic mass is 19.1. The lowest BCUT2D eigenvalue weighted by Gasteiger charge is -2.13. The average molecular weight is 274 g/mol. The van der Waals surface area contributed by atoms with Crippen molar-refractivity contribution >= 4 is 11.4 Å². The molecule has 0 bridgehead atoms.